The van der Waals surface area contributed by atoms with Crippen LogP contribution in [0.3, 0.4) is 0 Å². The van der Waals surface area contributed by atoms with E-state index in [2.05, 4.69) is 9.97 Å². The van der Waals surface area contributed by atoms with Gasteiger partial charge in [0, 0.05) is 0 Å². The molecule has 1 aromatic heterocycles. The van der Waals surface area contributed by atoms with Gasteiger partial charge in [-0.25, -0.2) is 4.98 Å². The first-order chi connectivity index (χ1) is 6.18. The van der Waals surface area contributed by atoms with Gasteiger partial charge in [-0.15, -0.1) is 0 Å². The highest BCUT2D eigenvalue weighted by Crippen LogP contribution is 2.20. The number of hydrogen-bond donors (Lipinski definition) is 3. The number of anilines is 1. The Balaban J connectivity index is 2.68. The first-order valence-corrected chi connectivity index (χ1v) is 4.10. The van der Waals surface area contributed by atoms with Crippen LogP contribution in [0.2, 0.25) is 0 Å². The van der Waals surface area contributed by atoms with Crippen LogP contribution in [0.1, 0.15) is 18.9 Å². The smallest absolute Gasteiger partial charge is 0.136 e. The number of H-pyrrole nitrogens is 1. The van der Waals surface area contributed by atoms with Gasteiger partial charge in [-0.3, -0.25) is 0 Å². The average Bonchev–Trinajstić information content (AvgIpc) is 2.49. The largest absolute Gasteiger partial charge is 0.397 e. The van der Waals surface area contributed by atoms with Crippen molar-refractivity contribution in [2.75, 3.05) is 5.73 Å². The summed E-state index contributed by atoms with van der Waals surface area (Å²) in [4.78, 5) is 7.18. The van der Waals surface area contributed by atoms with E-state index in [1.807, 2.05) is 12.1 Å². The summed E-state index contributed by atoms with van der Waals surface area (Å²) in [5.74, 6) is 0.549. The van der Waals surface area contributed by atoms with Crippen LogP contribution in [0.5, 0.6) is 0 Å². The number of imidazole rings is 1. The molecule has 4 heteroatoms. The summed E-state index contributed by atoms with van der Waals surface area (Å²) >= 11 is 0. The molecule has 2 rings (SSSR count). The van der Waals surface area contributed by atoms with E-state index in [-0.39, 0.29) is 0 Å². The number of fused-ring (bicyclic) bond motifs is 1. The number of nitrogen functional groups attached to an aromatic ring is 1. The van der Waals surface area contributed by atoms with Crippen LogP contribution in [-0.4, -0.2) is 15.1 Å². The third kappa shape index (κ3) is 1.25. The summed E-state index contributed by atoms with van der Waals surface area (Å²) in [6.07, 6.45) is -0.591. The number of nitrogens with two attached hydrogens (primary N) is 1. The van der Waals surface area contributed by atoms with Gasteiger partial charge >= 0.3 is 0 Å². The van der Waals surface area contributed by atoms with Crippen molar-refractivity contribution in [2.24, 2.45) is 0 Å². The van der Waals surface area contributed by atoms with Gasteiger partial charge in [-0.05, 0) is 19.1 Å². The lowest BCUT2D eigenvalue weighted by molar-refractivity contribution is 0.190. The summed E-state index contributed by atoms with van der Waals surface area (Å²) < 4.78 is 0. The number of hydrogen-bond acceptors (Lipinski definition) is 3. The molecule has 0 amide bonds. The minimum absolute atomic E-state index is 0.549. The summed E-state index contributed by atoms with van der Waals surface area (Å²) in [7, 11) is 0. The number of benzene rings is 1. The van der Waals surface area contributed by atoms with Gasteiger partial charge in [0.15, 0.2) is 0 Å². The number of aromatic nitrogens is 2. The van der Waals surface area contributed by atoms with Crippen molar-refractivity contribution in [1.29, 1.82) is 0 Å². The molecule has 4 N–H and O–H groups in total. The maximum atomic E-state index is 9.28. The zero-order valence-corrected chi connectivity index (χ0v) is 7.28. The molecule has 0 saturated heterocycles. The lowest BCUT2D eigenvalue weighted by Crippen LogP contribution is -1.92. The van der Waals surface area contributed by atoms with Crippen LogP contribution in [0.4, 0.5) is 5.69 Å². The number of nitrogens with zero attached hydrogens (tertiary/aromatic N) is 1. The van der Waals surface area contributed by atoms with Crippen LogP contribution in [0.15, 0.2) is 18.2 Å². The van der Waals surface area contributed by atoms with Crippen LogP contribution in [-0.2, 0) is 0 Å². The predicted octanol–water partition coefficient (Wildman–Crippen LogP) is 1.20. The van der Waals surface area contributed by atoms with E-state index in [9.17, 15) is 5.11 Å². The maximum Gasteiger partial charge on any atom is 0.136 e. The summed E-state index contributed by atoms with van der Waals surface area (Å²) in [6, 6.07) is 5.52. The lowest BCUT2D eigenvalue weighted by atomic mass is 10.3. The van der Waals surface area contributed by atoms with Crippen molar-refractivity contribution < 1.29 is 5.11 Å². The van der Waals surface area contributed by atoms with Crippen LogP contribution in [0.25, 0.3) is 11.0 Å². The summed E-state index contributed by atoms with van der Waals surface area (Å²) in [6.45, 7) is 1.66. The minimum Gasteiger partial charge on any atom is -0.397 e. The molecule has 68 valence electrons. The number of aliphatic hydroxyl groups is 1. The first kappa shape index (κ1) is 8.07. The highest BCUT2D eigenvalue weighted by Gasteiger charge is 2.08. The van der Waals surface area contributed by atoms with Crippen molar-refractivity contribution in [2.45, 2.75) is 13.0 Å². The Labute approximate surface area is 75.4 Å². The van der Waals surface area contributed by atoms with Gasteiger partial charge < -0.3 is 15.8 Å². The minimum atomic E-state index is -0.591. The van der Waals surface area contributed by atoms with E-state index < -0.39 is 6.10 Å². The van der Waals surface area contributed by atoms with E-state index in [4.69, 9.17) is 5.73 Å². The number of para-hydroxylation sites is 1. The fourth-order valence-electron chi connectivity index (χ4n) is 1.27. The number of aromatic amines is 1. The van der Waals surface area contributed by atoms with Crippen molar-refractivity contribution in [3.05, 3.63) is 24.0 Å². The predicted molar refractivity (Wildman–Crippen MR) is 51.1 cm³/mol. The van der Waals surface area contributed by atoms with Gasteiger partial charge in [0.05, 0.1) is 11.2 Å². The maximum absolute atomic E-state index is 9.28. The Bertz CT molecular complexity index is 433. The third-order valence-corrected chi connectivity index (χ3v) is 1.96. The summed E-state index contributed by atoms with van der Waals surface area (Å²) in [5.41, 5.74) is 7.91. The Morgan fingerprint density at radius 3 is 2.92 bits per heavy atom. The standard InChI is InChI=1S/C9H11N3O/c1-5(13)9-11-7-4-2-3-6(10)8(7)12-9/h2-5,13H,10H2,1H3,(H,11,12). The van der Waals surface area contributed by atoms with E-state index in [0.717, 1.165) is 11.0 Å². The Hall–Kier alpha value is -1.55. The molecule has 1 unspecified atom stereocenters. The van der Waals surface area contributed by atoms with Gasteiger partial charge in [-0.2, -0.15) is 0 Å². The molecule has 0 saturated carbocycles. The first-order valence-electron chi connectivity index (χ1n) is 4.10. The van der Waals surface area contributed by atoms with Crippen LogP contribution < -0.4 is 5.73 Å². The zero-order valence-electron chi connectivity index (χ0n) is 7.28. The monoisotopic (exact) mass is 177 g/mol. The van der Waals surface area contributed by atoms with Crippen molar-refractivity contribution in [1.82, 2.24) is 9.97 Å². The molecule has 0 aliphatic rings. The van der Waals surface area contributed by atoms with E-state index in [1.54, 1.807) is 13.0 Å². The molecule has 1 atom stereocenters. The Morgan fingerprint density at radius 2 is 2.31 bits per heavy atom. The third-order valence-electron chi connectivity index (χ3n) is 1.96. The Kier molecular flexibility index (Phi) is 1.70. The number of aliphatic hydroxyl groups excluding tert-OH is 1. The van der Waals surface area contributed by atoms with Crippen molar-refractivity contribution >= 4 is 16.7 Å². The van der Waals surface area contributed by atoms with Crippen LogP contribution in [0, 0.1) is 0 Å². The quantitative estimate of drug-likeness (QED) is 0.573. The van der Waals surface area contributed by atoms with E-state index in [0.29, 0.717) is 11.5 Å². The molecule has 0 spiro atoms. The van der Waals surface area contributed by atoms with E-state index in [1.165, 1.54) is 0 Å². The highest BCUT2D eigenvalue weighted by molar-refractivity contribution is 5.86. The lowest BCUT2D eigenvalue weighted by Gasteiger charge is -1.95. The fourth-order valence-corrected chi connectivity index (χ4v) is 1.27. The molecule has 0 aliphatic carbocycles. The van der Waals surface area contributed by atoms with E-state index >= 15 is 0 Å². The second-order valence-electron chi connectivity index (χ2n) is 3.04. The number of rotatable bonds is 1. The van der Waals surface area contributed by atoms with Gasteiger partial charge in [0.25, 0.3) is 0 Å². The molecule has 4 nitrogen and oxygen atoms in total. The normalized spacial score (nSPS) is 13.4. The molecule has 0 bridgehead atoms. The molecule has 0 radical (unpaired) electrons. The molecular weight excluding hydrogens is 166 g/mol. The fraction of sp³-hybridized carbons (Fsp3) is 0.222. The van der Waals surface area contributed by atoms with Gasteiger partial charge in [0.1, 0.15) is 17.4 Å². The zero-order chi connectivity index (χ0) is 9.42. The molecule has 1 aromatic carbocycles. The van der Waals surface area contributed by atoms with Gasteiger partial charge in [0.2, 0.25) is 0 Å². The molecule has 0 aliphatic heterocycles. The second-order valence-corrected chi connectivity index (χ2v) is 3.04. The number of nitrogens with one attached hydrogen (secondary N) is 1. The molecule has 1 heterocycles. The highest BCUT2D eigenvalue weighted by atomic mass is 16.3. The van der Waals surface area contributed by atoms with Crippen LogP contribution >= 0.6 is 0 Å². The Morgan fingerprint density at radius 1 is 1.54 bits per heavy atom. The SMILES string of the molecule is CC(O)c1nc2c(N)cccc2[nH]1. The van der Waals surface area contributed by atoms with Crippen molar-refractivity contribution in [3.8, 4) is 0 Å². The molecule has 2 aromatic rings. The topological polar surface area (TPSA) is 74.9 Å². The average molecular weight is 177 g/mol. The molecule has 13 heavy (non-hydrogen) atoms. The molecular formula is C9H11N3O. The summed E-state index contributed by atoms with van der Waals surface area (Å²) in [5, 5.41) is 9.28. The molecule has 0 fully saturated rings. The van der Waals surface area contributed by atoms with Gasteiger partial charge in [-0.1, -0.05) is 6.07 Å². The van der Waals surface area contributed by atoms with Crippen molar-refractivity contribution in [3.63, 3.8) is 0 Å². The second kappa shape index (κ2) is 2.74.